The molecule has 1 fully saturated rings. The van der Waals surface area contributed by atoms with Gasteiger partial charge in [-0.2, -0.15) is 0 Å². The molecule has 2 atom stereocenters. The summed E-state index contributed by atoms with van der Waals surface area (Å²) >= 11 is 0. The van der Waals surface area contributed by atoms with Crippen LogP contribution in [-0.2, 0) is 0 Å². The lowest BCUT2D eigenvalue weighted by Crippen LogP contribution is -2.24. The number of hydrogen-bond acceptors (Lipinski definition) is 3. The van der Waals surface area contributed by atoms with Crippen molar-refractivity contribution in [1.29, 1.82) is 0 Å². The minimum Gasteiger partial charge on any atom is -0.387 e. The first-order chi connectivity index (χ1) is 9.20. The van der Waals surface area contributed by atoms with E-state index in [-0.39, 0.29) is 0 Å². The van der Waals surface area contributed by atoms with Gasteiger partial charge in [-0.15, -0.1) is 0 Å². The van der Waals surface area contributed by atoms with E-state index in [1.54, 1.807) is 6.92 Å². The third-order valence-electron chi connectivity index (χ3n) is 4.11. The van der Waals surface area contributed by atoms with Gasteiger partial charge in [-0.05, 0) is 44.2 Å². The second-order valence-electron chi connectivity index (χ2n) is 5.69. The smallest absolute Gasteiger partial charge is 0.0931 e. The van der Waals surface area contributed by atoms with Crippen LogP contribution in [0.1, 0.15) is 57.7 Å². The molecule has 1 unspecified atom stereocenters. The maximum Gasteiger partial charge on any atom is 0.0931 e. The van der Waals surface area contributed by atoms with Crippen molar-refractivity contribution in [3.8, 4) is 0 Å². The molecule has 0 aromatic carbocycles. The van der Waals surface area contributed by atoms with Gasteiger partial charge in [-0.3, -0.25) is 4.98 Å². The van der Waals surface area contributed by atoms with Crippen LogP contribution < -0.4 is 4.90 Å². The number of rotatable bonds is 4. The quantitative estimate of drug-likeness (QED) is 0.901. The molecule has 1 aliphatic rings. The summed E-state index contributed by atoms with van der Waals surface area (Å²) in [5.41, 5.74) is 1.95. The minimum atomic E-state index is -0.480. The van der Waals surface area contributed by atoms with Crippen LogP contribution in [0.25, 0.3) is 0 Å². The number of aromatic nitrogens is 1. The van der Waals surface area contributed by atoms with Crippen molar-refractivity contribution in [3.63, 3.8) is 0 Å². The van der Waals surface area contributed by atoms with E-state index in [1.807, 2.05) is 12.3 Å². The normalized spacial score (nSPS) is 22.1. The van der Waals surface area contributed by atoms with Crippen LogP contribution in [-0.4, -0.2) is 23.2 Å². The summed E-state index contributed by atoms with van der Waals surface area (Å²) in [5, 5.41) is 9.49. The Bertz CT molecular complexity index is 375. The molecule has 1 aromatic rings. The van der Waals surface area contributed by atoms with E-state index in [2.05, 4.69) is 22.9 Å². The summed E-state index contributed by atoms with van der Waals surface area (Å²) in [7, 11) is 0. The first kappa shape index (κ1) is 14.3. The molecule has 2 rings (SSSR count). The lowest BCUT2D eigenvalue weighted by Gasteiger charge is -2.23. The second-order valence-corrected chi connectivity index (χ2v) is 5.69. The molecule has 0 radical (unpaired) electrons. The molecule has 0 spiro atoms. The number of nitrogens with zero attached hydrogens (tertiary/aromatic N) is 2. The zero-order chi connectivity index (χ0) is 13.7. The summed E-state index contributed by atoms with van der Waals surface area (Å²) in [6.45, 7) is 6.31. The largest absolute Gasteiger partial charge is 0.387 e. The average molecular weight is 262 g/mol. The fourth-order valence-corrected chi connectivity index (χ4v) is 2.95. The molecule has 3 nitrogen and oxygen atoms in total. The van der Waals surface area contributed by atoms with Gasteiger partial charge in [-0.1, -0.05) is 19.8 Å². The molecule has 1 N–H and O–H groups in total. The van der Waals surface area contributed by atoms with Gasteiger partial charge in [-0.25, -0.2) is 0 Å². The van der Waals surface area contributed by atoms with Crippen molar-refractivity contribution < 1.29 is 5.11 Å². The van der Waals surface area contributed by atoms with E-state index in [0.717, 1.165) is 24.7 Å². The lowest BCUT2D eigenvalue weighted by atomic mass is 9.96. The van der Waals surface area contributed by atoms with Gasteiger partial charge in [0, 0.05) is 13.1 Å². The molecule has 3 heteroatoms. The van der Waals surface area contributed by atoms with Gasteiger partial charge in [0.1, 0.15) is 0 Å². The zero-order valence-corrected chi connectivity index (χ0v) is 12.2. The van der Waals surface area contributed by atoms with E-state index >= 15 is 0 Å². The number of hydrogen-bond donors (Lipinski definition) is 1. The molecule has 0 amide bonds. The van der Waals surface area contributed by atoms with Crippen LogP contribution in [0.15, 0.2) is 18.3 Å². The van der Waals surface area contributed by atoms with Crippen molar-refractivity contribution in [2.75, 3.05) is 18.0 Å². The Hall–Kier alpha value is -1.09. The van der Waals surface area contributed by atoms with Crippen molar-refractivity contribution in [2.24, 2.45) is 5.92 Å². The molecular formula is C16H26N2O. The van der Waals surface area contributed by atoms with Crippen molar-refractivity contribution >= 4 is 5.69 Å². The van der Waals surface area contributed by atoms with Crippen LogP contribution in [0.3, 0.4) is 0 Å². The molecule has 1 aliphatic heterocycles. The van der Waals surface area contributed by atoms with Crippen LogP contribution in [0.5, 0.6) is 0 Å². The average Bonchev–Trinajstić information content (AvgIpc) is 2.65. The van der Waals surface area contributed by atoms with Crippen molar-refractivity contribution in [2.45, 2.75) is 52.1 Å². The van der Waals surface area contributed by atoms with Crippen molar-refractivity contribution in [1.82, 2.24) is 4.98 Å². The van der Waals surface area contributed by atoms with Crippen LogP contribution in [0.4, 0.5) is 5.69 Å². The highest BCUT2D eigenvalue weighted by molar-refractivity contribution is 5.44. The fourth-order valence-electron chi connectivity index (χ4n) is 2.95. The molecule has 0 aliphatic carbocycles. The number of pyridine rings is 1. The molecular weight excluding hydrogens is 236 g/mol. The molecule has 106 valence electrons. The molecule has 1 saturated heterocycles. The Kier molecular flexibility index (Phi) is 5.20. The standard InChI is InChI=1S/C16H26N2O/c1-3-5-14-6-4-10-18(11-9-14)15-7-8-16(13(2)19)17-12-15/h7-8,12-14,19H,3-6,9-11H2,1-2H3/t13-,14?/m0/s1. The molecule has 19 heavy (non-hydrogen) atoms. The summed E-state index contributed by atoms with van der Waals surface area (Å²) in [5.74, 6) is 0.902. The Labute approximate surface area is 116 Å². The minimum absolute atomic E-state index is 0.480. The zero-order valence-electron chi connectivity index (χ0n) is 12.2. The monoisotopic (exact) mass is 262 g/mol. The van der Waals surface area contributed by atoms with Gasteiger partial charge < -0.3 is 10.0 Å². The van der Waals surface area contributed by atoms with E-state index in [4.69, 9.17) is 0 Å². The van der Waals surface area contributed by atoms with Gasteiger partial charge in [0.15, 0.2) is 0 Å². The second kappa shape index (κ2) is 6.90. The summed E-state index contributed by atoms with van der Waals surface area (Å²) in [6, 6.07) is 4.03. The van der Waals surface area contributed by atoms with Gasteiger partial charge in [0.2, 0.25) is 0 Å². The first-order valence-electron chi connectivity index (χ1n) is 7.59. The maximum atomic E-state index is 9.49. The van der Waals surface area contributed by atoms with E-state index in [9.17, 15) is 5.11 Å². The molecule has 0 bridgehead atoms. The Balaban J connectivity index is 1.97. The highest BCUT2D eigenvalue weighted by Crippen LogP contribution is 2.25. The van der Waals surface area contributed by atoms with Crippen LogP contribution in [0, 0.1) is 5.92 Å². The van der Waals surface area contributed by atoms with Gasteiger partial charge in [0.25, 0.3) is 0 Å². The topological polar surface area (TPSA) is 36.4 Å². The summed E-state index contributed by atoms with van der Waals surface area (Å²) in [6.07, 6.45) is 8.04. The first-order valence-corrected chi connectivity index (χ1v) is 7.59. The number of aliphatic hydroxyl groups is 1. The molecule has 1 aromatic heterocycles. The number of aliphatic hydroxyl groups excluding tert-OH is 1. The van der Waals surface area contributed by atoms with E-state index < -0.39 is 6.10 Å². The SMILES string of the molecule is CCCC1CCCN(c2ccc([C@H](C)O)nc2)CC1. The fraction of sp³-hybridized carbons (Fsp3) is 0.688. The maximum absolute atomic E-state index is 9.49. The highest BCUT2D eigenvalue weighted by Gasteiger charge is 2.17. The predicted octanol–water partition coefficient (Wildman–Crippen LogP) is 3.54. The summed E-state index contributed by atoms with van der Waals surface area (Å²) in [4.78, 5) is 6.79. The third kappa shape index (κ3) is 3.93. The Morgan fingerprint density at radius 2 is 2.21 bits per heavy atom. The van der Waals surface area contributed by atoms with E-state index in [1.165, 1.54) is 37.8 Å². The van der Waals surface area contributed by atoms with Crippen LogP contribution in [0.2, 0.25) is 0 Å². The molecule has 2 heterocycles. The Morgan fingerprint density at radius 1 is 1.37 bits per heavy atom. The van der Waals surface area contributed by atoms with Crippen molar-refractivity contribution in [3.05, 3.63) is 24.0 Å². The van der Waals surface area contributed by atoms with Gasteiger partial charge in [0.05, 0.1) is 23.7 Å². The van der Waals surface area contributed by atoms with Gasteiger partial charge >= 0.3 is 0 Å². The third-order valence-corrected chi connectivity index (χ3v) is 4.11. The van der Waals surface area contributed by atoms with E-state index in [0.29, 0.717) is 0 Å². The predicted molar refractivity (Wildman–Crippen MR) is 79.3 cm³/mol. The van der Waals surface area contributed by atoms with Crippen LogP contribution >= 0.6 is 0 Å². The summed E-state index contributed by atoms with van der Waals surface area (Å²) < 4.78 is 0. The highest BCUT2D eigenvalue weighted by atomic mass is 16.3. The lowest BCUT2D eigenvalue weighted by molar-refractivity contribution is 0.194. The number of anilines is 1. The molecule has 0 saturated carbocycles. The Morgan fingerprint density at radius 3 is 2.84 bits per heavy atom.